The summed E-state index contributed by atoms with van der Waals surface area (Å²) >= 11 is 0. The summed E-state index contributed by atoms with van der Waals surface area (Å²) in [6.45, 7) is 0. The van der Waals surface area contributed by atoms with Crippen molar-refractivity contribution in [1.82, 2.24) is 15.2 Å². The fourth-order valence-corrected chi connectivity index (χ4v) is 3.74. The van der Waals surface area contributed by atoms with Gasteiger partial charge in [0.15, 0.2) is 5.82 Å². The predicted octanol–water partition coefficient (Wildman–Crippen LogP) is 5.52. The fourth-order valence-electron chi connectivity index (χ4n) is 3.74. The zero-order valence-corrected chi connectivity index (χ0v) is 17.4. The van der Waals surface area contributed by atoms with E-state index in [2.05, 4.69) is 51.3 Å². The highest BCUT2D eigenvalue weighted by Crippen LogP contribution is 2.28. The SMILES string of the molecule is Oc1cc2ccc(C#CCc3ccccc3)cc2cc1Cc1ccc(-c2ncn[nH]2)cc1. The number of nitrogens with one attached hydrogen (secondary N) is 1. The lowest BCUT2D eigenvalue weighted by molar-refractivity contribution is 0.470. The summed E-state index contributed by atoms with van der Waals surface area (Å²) in [6, 6.07) is 28.3. The number of aromatic hydroxyl groups is 1. The van der Waals surface area contributed by atoms with Crippen LogP contribution in [0.15, 0.2) is 91.3 Å². The number of phenols is 1. The number of aromatic amines is 1. The number of rotatable bonds is 4. The number of fused-ring (bicyclic) bond motifs is 1. The van der Waals surface area contributed by atoms with Crippen molar-refractivity contribution >= 4 is 10.8 Å². The monoisotopic (exact) mass is 415 g/mol. The molecule has 4 nitrogen and oxygen atoms in total. The second-order valence-electron chi connectivity index (χ2n) is 7.71. The third-order valence-electron chi connectivity index (χ3n) is 5.44. The molecular weight excluding hydrogens is 394 g/mol. The maximum absolute atomic E-state index is 10.6. The van der Waals surface area contributed by atoms with Crippen LogP contribution in [0.25, 0.3) is 22.2 Å². The molecule has 0 fully saturated rings. The quantitative estimate of drug-likeness (QED) is 0.380. The molecule has 2 N–H and O–H groups in total. The smallest absolute Gasteiger partial charge is 0.155 e. The van der Waals surface area contributed by atoms with Crippen molar-refractivity contribution in [2.75, 3.05) is 0 Å². The highest BCUT2D eigenvalue weighted by atomic mass is 16.3. The summed E-state index contributed by atoms with van der Waals surface area (Å²) in [5, 5.41) is 19.4. The van der Waals surface area contributed by atoms with E-state index in [1.807, 2.05) is 60.7 Å². The Bertz CT molecular complexity index is 1410. The van der Waals surface area contributed by atoms with Gasteiger partial charge in [-0.1, -0.05) is 72.5 Å². The first-order chi connectivity index (χ1) is 15.7. The Hall–Kier alpha value is -4.36. The van der Waals surface area contributed by atoms with Gasteiger partial charge in [0, 0.05) is 24.0 Å². The standard InChI is InChI=1S/C28H21N3O/c32-27-18-24-14-11-21(8-4-7-20-5-2-1-3-6-20)15-25(24)17-26(27)16-22-9-12-23(13-10-22)28-29-19-30-31-28/h1-3,5-6,9-15,17-19,32H,7,16H2,(H,29,30,31). The maximum atomic E-state index is 10.6. The Morgan fingerprint density at radius 3 is 2.44 bits per heavy atom. The van der Waals surface area contributed by atoms with E-state index in [0.29, 0.717) is 12.2 Å². The van der Waals surface area contributed by atoms with Crippen LogP contribution in [0.2, 0.25) is 0 Å². The van der Waals surface area contributed by atoms with Crippen LogP contribution < -0.4 is 0 Å². The molecule has 4 heteroatoms. The largest absolute Gasteiger partial charge is 0.508 e. The van der Waals surface area contributed by atoms with Crippen LogP contribution in [-0.4, -0.2) is 20.3 Å². The van der Waals surface area contributed by atoms with Gasteiger partial charge in [-0.2, -0.15) is 5.10 Å². The van der Waals surface area contributed by atoms with Gasteiger partial charge in [-0.25, -0.2) is 4.98 Å². The molecule has 0 unspecified atom stereocenters. The van der Waals surface area contributed by atoms with Gasteiger partial charge >= 0.3 is 0 Å². The van der Waals surface area contributed by atoms with E-state index in [9.17, 15) is 5.11 Å². The van der Waals surface area contributed by atoms with Gasteiger partial charge < -0.3 is 5.11 Å². The third-order valence-corrected chi connectivity index (χ3v) is 5.44. The number of benzene rings is 4. The Morgan fingerprint density at radius 1 is 0.812 bits per heavy atom. The molecule has 0 aliphatic carbocycles. The average Bonchev–Trinajstić information content (AvgIpc) is 3.36. The highest BCUT2D eigenvalue weighted by Gasteiger charge is 2.07. The van der Waals surface area contributed by atoms with Crippen molar-refractivity contribution in [2.24, 2.45) is 0 Å². The third kappa shape index (κ3) is 4.38. The molecule has 5 aromatic rings. The van der Waals surface area contributed by atoms with Crippen LogP contribution in [0.3, 0.4) is 0 Å². The first-order valence-electron chi connectivity index (χ1n) is 10.5. The number of hydrogen-bond acceptors (Lipinski definition) is 3. The lowest BCUT2D eigenvalue weighted by atomic mass is 9.98. The van der Waals surface area contributed by atoms with E-state index in [1.54, 1.807) is 0 Å². The van der Waals surface area contributed by atoms with Crippen molar-refractivity contribution < 1.29 is 5.11 Å². The molecule has 32 heavy (non-hydrogen) atoms. The number of hydrogen-bond donors (Lipinski definition) is 2. The minimum absolute atomic E-state index is 0.305. The second kappa shape index (κ2) is 8.79. The van der Waals surface area contributed by atoms with Crippen LogP contribution in [-0.2, 0) is 12.8 Å². The summed E-state index contributed by atoms with van der Waals surface area (Å²) in [7, 11) is 0. The Kier molecular flexibility index (Phi) is 5.38. The average molecular weight is 415 g/mol. The first-order valence-corrected chi connectivity index (χ1v) is 10.5. The first kappa shape index (κ1) is 19.6. The zero-order valence-electron chi connectivity index (χ0n) is 17.4. The van der Waals surface area contributed by atoms with Crippen molar-refractivity contribution in [2.45, 2.75) is 12.8 Å². The molecule has 0 spiro atoms. The minimum atomic E-state index is 0.305. The fraction of sp³-hybridized carbons (Fsp3) is 0.0714. The minimum Gasteiger partial charge on any atom is -0.508 e. The van der Waals surface area contributed by atoms with Gasteiger partial charge in [0.1, 0.15) is 12.1 Å². The molecule has 1 aromatic heterocycles. The normalized spacial score (nSPS) is 10.6. The molecule has 0 saturated heterocycles. The van der Waals surface area contributed by atoms with Crippen LogP contribution in [0.5, 0.6) is 5.75 Å². The van der Waals surface area contributed by atoms with Crippen LogP contribution in [0, 0.1) is 11.8 Å². The highest BCUT2D eigenvalue weighted by molar-refractivity contribution is 5.86. The maximum Gasteiger partial charge on any atom is 0.155 e. The van der Waals surface area contributed by atoms with Gasteiger partial charge in [-0.3, -0.25) is 5.10 Å². The van der Waals surface area contributed by atoms with E-state index in [-0.39, 0.29) is 0 Å². The van der Waals surface area contributed by atoms with E-state index in [0.717, 1.165) is 45.3 Å². The lowest BCUT2D eigenvalue weighted by Crippen LogP contribution is -1.91. The molecule has 0 radical (unpaired) electrons. The summed E-state index contributed by atoms with van der Waals surface area (Å²) in [5.41, 5.74) is 5.16. The molecule has 0 saturated carbocycles. The van der Waals surface area contributed by atoms with Crippen molar-refractivity contribution in [1.29, 1.82) is 0 Å². The number of nitrogens with zero attached hydrogens (tertiary/aromatic N) is 2. The van der Waals surface area contributed by atoms with E-state index in [1.165, 1.54) is 11.9 Å². The number of aromatic nitrogens is 3. The van der Waals surface area contributed by atoms with E-state index >= 15 is 0 Å². The van der Waals surface area contributed by atoms with Gasteiger partial charge in [0.25, 0.3) is 0 Å². The molecule has 0 bridgehead atoms. The van der Waals surface area contributed by atoms with Crippen molar-refractivity contribution in [3.8, 4) is 29.0 Å². The van der Waals surface area contributed by atoms with E-state index in [4.69, 9.17) is 0 Å². The van der Waals surface area contributed by atoms with Crippen LogP contribution in [0.1, 0.15) is 22.3 Å². The summed E-state index contributed by atoms with van der Waals surface area (Å²) in [6.07, 6.45) is 2.86. The molecule has 0 aliphatic rings. The van der Waals surface area contributed by atoms with Gasteiger partial charge in [0.2, 0.25) is 0 Å². The van der Waals surface area contributed by atoms with Gasteiger partial charge in [0.05, 0.1) is 0 Å². The van der Waals surface area contributed by atoms with Crippen LogP contribution >= 0.6 is 0 Å². The van der Waals surface area contributed by atoms with Gasteiger partial charge in [-0.05, 0) is 51.7 Å². The topological polar surface area (TPSA) is 61.8 Å². The molecular formula is C28H21N3O. The van der Waals surface area contributed by atoms with Gasteiger partial charge in [-0.15, -0.1) is 0 Å². The molecule has 1 heterocycles. The Morgan fingerprint density at radius 2 is 1.66 bits per heavy atom. The zero-order chi connectivity index (χ0) is 21.8. The summed E-state index contributed by atoms with van der Waals surface area (Å²) in [5.74, 6) is 7.56. The second-order valence-corrected chi connectivity index (χ2v) is 7.71. The summed E-state index contributed by atoms with van der Waals surface area (Å²) < 4.78 is 0. The molecule has 5 rings (SSSR count). The number of phenolic OH excluding ortho intramolecular Hbond substituents is 1. The predicted molar refractivity (Wildman–Crippen MR) is 127 cm³/mol. The van der Waals surface area contributed by atoms with Crippen molar-refractivity contribution in [3.05, 3.63) is 114 Å². The Labute approximate surface area is 186 Å². The van der Waals surface area contributed by atoms with Crippen molar-refractivity contribution in [3.63, 3.8) is 0 Å². The molecule has 154 valence electrons. The molecule has 0 atom stereocenters. The number of H-pyrrole nitrogens is 1. The molecule has 0 aliphatic heterocycles. The van der Waals surface area contributed by atoms with Crippen LogP contribution in [0.4, 0.5) is 0 Å². The molecule has 0 amide bonds. The van der Waals surface area contributed by atoms with E-state index < -0.39 is 0 Å². The Balaban J connectivity index is 1.37. The lowest BCUT2D eigenvalue weighted by Gasteiger charge is -2.08. The molecule has 4 aromatic carbocycles. The summed E-state index contributed by atoms with van der Waals surface area (Å²) in [4.78, 5) is 4.18.